The minimum atomic E-state index is -2.95. The Kier molecular flexibility index (Phi) is 1.93. The molecular formula is C6H7NO4S. The van der Waals surface area contributed by atoms with Crippen molar-refractivity contribution in [2.75, 3.05) is 6.26 Å². The van der Waals surface area contributed by atoms with Crippen molar-refractivity contribution in [2.24, 2.45) is 0 Å². The van der Waals surface area contributed by atoms with Crippen molar-refractivity contribution in [1.82, 2.24) is 0 Å². The number of carboxylic acids is 1. The highest BCUT2D eigenvalue weighted by atomic mass is 32.2. The van der Waals surface area contributed by atoms with Crippen LogP contribution in [0.2, 0.25) is 0 Å². The van der Waals surface area contributed by atoms with Gasteiger partial charge in [-0.2, -0.15) is 0 Å². The van der Waals surface area contributed by atoms with Crippen LogP contribution in [0.1, 0.15) is 10.6 Å². The molecular weight excluding hydrogens is 182 g/mol. The molecule has 5 nitrogen and oxygen atoms in total. The second-order valence-corrected chi connectivity index (χ2v) is 4.36. The van der Waals surface area contributed by atoms with E-state index in [-0.39, 0.29) is 10.9 Å². The van der Waals surface area contributed by atoms with Crippen molar-refractivity contribution in [2.45, 2.75) is 5.09 Å². The van der Waals surface area contributed by atoms with Crippen LogP contribution in [0.3, 0.4) is 0 Å². The van der Waals surface area contributed by atoms with Crippen LogP contribution >= 0.6 is 0 Å². The summed E-state index contributed by atoms with van der Waals surface area (Å²) < 4.78 is 22.7. The third-order valence-corrected chi connectivity index (χ3v) is 2.16. The number of carboxylic acid groups (broad SMARTS) is 1. The lowest BCUT2D eigenvalue weighted by molar-refractivity contribution is 0.0656. The van der Waals surface area contributed by atoms with Crippen molar-refractivity contribution < 1.29 is 18.5 Å². The van der Waals surface area contributed by atoms with E-state index in [2.05, 4.69) is 4.42 Å². The molecule has 0 saturated heterocycles. The lowest BCUT2D eigenvalue weighted by Gasteiger charge is -1.92. The van der Waals surface area contributed by atoms with Gasteiger partial charge >= 0.3 is 5.97 Å². The van der Waals surface area contributed by atoms with Crippen LogP contribution in [-0.2, 0) is 9.73 Å². The van der Waals surface area contributed by atoms with Crippen molar-refractivity contribution in [3.8, 4) is 0 Å². The number of carbonyl (C=O) groups is 1. The normalized spacial score (nSPS) is 15.4. The molecule has 0 spiro atoms. The molecule has 1 aromatic rings. The zero-order chi connectivity index (χ0) is 9.35. The molecule has 0 radical (unpaired) electrons. The third-order valence-electron chi connectivity index (χ3n) is 1.18. The second kappa shape index (κ2) is 2.63. The molecule has 0 fully saturated rings. The molecule has 12 heavy (non-hydrogen) atoms. The topological polar surface area (TPSA) is 91.4 Å². The highest BCUT2D eigenvalue weighted by Gasteiger charge is 2.13. The van der Waals surface area contributed by atoms with Gasteiger partial charge in [0.15, 0.2) is 5.09 Å². The van der Waals surface area contributed by atoms with Gasteiger partial charge in [0, 0.05) is 6.26 Å². The quantitative estimate of drug-likeness (QED) is 0.726. The standard InChI is InChI=1S/C6H7NO4S/c1-12(7,10)5-3-2-4(11-5)6(8)9/h2-3,7H,1H3,(H,8,9). The van der Waals surface area contributed by atoms with Crippen molar-refractivity contribution in [3.63, 3.8) is 0 Å². The maximum Gasteiger partial charge on any atom is 0.371 e. The van der Waals surface area contributed by atoms with E-state index in [1.54, 1.807) is 0 Å². The monoisotopic (exact) mass is 189 g/mol. The third kappa shape index (κ3) is 1.65. The number of aromatic carboxylic acids is 1. The predicted molar refractivity (Wildman–Crippen MR) is 40.7 cm³/mol. The summed E-state index contributed by atoms with van der Waals surface area (Å²) >= 11 is 0. The highest BCUT2D eigenvalue weighted by Crippen LogP contribution is 2.13. The molecule has 1 aromatic heterocycles. The summed E-state index contributed by atoms with van der Waals surface area (Å²) in [6.07, 6.45) is 1.16. The zero-order valence-electron chi connectivity index (χ0n) is 6.23. The van der Waals surface area contributed by atoms with E-state index < -0.39 is 15.7 Å². The SMILES string of the molecule is CS(=N)(=O)c1ccc(C(=O)O)o1. The van der Waals surface area contributed by atoms with Crippen molar-refractivity contribution in [1.29, 1.82) is 4.78 Å². The number of furan rings is 1. The molecule has 1 unspecified atom stereocenters. The zero-order valence-corrected chi connectivity index (χ0v) is 7.05. The lowest BCUT2D eigenvalue weighted by atomic mass is 10.5. The summed E-state index contributed by atoms with van der Waals surface area (Å²) in [6.45, 7) is 0. The average Bonchev–Trinajstić information content (AvgIpc) is 2.30. The maximum atomic E-state index is 11.0. The van der Waals surface area contributed by atoms with Crippen molar-refractivity contribution >= 4 is 15.7 Å². The summed E-state index contributed by atoms with van der Waals surface area (Å²) in [5, 5.41) is 8.30. The minimum Gasteiger partial charge on any atom is -0.475 e. The van der Waals surface area contributed by atoms with Gasteiger partial charge in [0.1, 0.15) is 9.73 Å². The van der Waals surface area contributed by atoms with E-state index in [4.69, 9.17) is 9.89 Å². The van der Waals surface area contributed by atoms with Gasteiger partial charge in [0.25, 0.3) is 0 Å². The first-order chi connectivity index (χ1) is 5.41. The van der Waals surface area contributed by atoms with Crippen LogP contribution in [0.4, 0.5) is 0 Å². The van der Waals surface area contributed by atoms with Crippen LogP contribution in [0.5, 0.6) is 0 Å². The minimum absolute atomic E-state index is 0.111. The van der Waals surface area contributed by atoms with Crippen LogP contribution < -0.4 is 0 Å². The number of nitrogens with one attached hydrogen (secondary N) is 1. The summed E-state index contributed by atoms with van der Waals surface area (Å²) in [6, 6.07) is 2.41. The van der Waals surface area contributed by atoms with Crippen LogP contribution in [0, 0.1) is 4.78 Å². The molecule has 0 saturated carbocycles. The fourth-order valence-corrected chi connectivity index (χ4v) is 1.22. The lowest BCUT2D eigenvalue weighted by Crippen LogP contribution is -1.94. The molecule has 0 amide bonds. The molecule has 1 atom stereocenters. The molecule has 0 aliphatic rings. The van der Waals surface area contributed by atoms with E-state index >= 15 is 0 Å². The Hall–Kier alpha value is -1.30. The Labute approximate surface area is 69.0 Å². The van der Waals surface area contributed by atoms with E-state index in [9.17, 15) is 9.00 Å². The molecule has 0 aliphatic carbocycles. The Morgan fingerprint density at radius 2 is 2.25 bits per heavy atom. The maximum absolute atomic E-state index is 11.0. The van der Waals surface area contributed by atoms with Crippen LogP contribution in [0.25, 0.3) is 0 Å². The molecule has 0 aliphatic heterocycles. The molecule has 6 heteroatoms. The Morgan fingerprint density at radius 3 is 2.50 bits per heavy atom. The van der Waals surface area contributed by atoms with Gasteiger partial charge in [-0.05, 0) is 12.1 Å². The van der Waals surface area contributed by atoms with Crippen LogP contribution in [0.15, 0.2) is 21.6 Å². The van der Waals surface area contributed by atoms with Gasteiger partial charge in [-0.15, -0.1) is 0 Å². The van der Waals surface area contributed by atoms with Gasteiger partial charge in [0.05, 0.1) is 0 Å². The fourth-order valence-electron chi connectivity index (χ4n) is 0.644. The van der Waals surface area contributed by atoms with E-state index in [1.165, 1.54) is 12.1 Å². The van der Waals surface area contributed by atoms with E-state index in [1.807, 2.05) is 0 Å². The Balaban J connectivity index is 3.17. The van der Waals surface area contributed by atoms with E-state index in [0.717, 1.165) is 6.26 Å². The number of hydrogen-bond acceptors (Lipinski definition) is 4. The highest BCUT2D eigenvalue weighted by molar-refractivity contribution is 7.91. The summed E-state index contributed by atoms with van der Waals surface area (Å²) in [5.41, 5.74) is 0. The molecule has 66 valence electrons. The van der Waals surface area contributed by atoms with Crippen molar-refractivity contribution in [3.05, 3.63) is 17.9 Å². The van der Waals surface area contributed by atoms with Gasteiger partial charge in [-0.1, -0.05) is 0 Å². The average molecular weight is 189 g/mol. The first-order valence-corrected chi connectivity index (χ1v) is 4.95. The van der Waals surface area contributed by atoms with Gasteiger partial charge in [0.2, 0.25) is 5.76 Å². The van der Waals surface area contributed by atoms with E-state index in [0.29, 0.717) is 0 Å². The summed E-state index contributed by atoms with van der Waals surface area (Å²) in [5.74, 6) is -1.53. The number of hydrogen-bond donors (Lipinski definition) is 2. The largest absolute Gasteiger partial charge is 0.475 e. The molecule has 0 aromatic carbocycles. The smallest absolute Gasteiger partial charge is 0.371 e. The first kappa shape index (κ1) is 8.79. The first-order valence-electron chi connectivity index (χ1n) is 2.98. The summed E-state index contributed by atoms with van der Waals surface area (Å²) in [4.78, 5) is 10.3. The second-order valence-electron chi connectivity index (χ2n) is 2.27. The molecule has 2 N–H and O–H groups in total. The van der Waals surface area contributed by atoms with Gasteiger partial charge < -0.3 is 9.52 Å². The molecule has 1 heterocycles. The Bertz CT molecular complexity index is 403. The number of rotatable bonds is 2. The predicted octanol–water partition coefficient (Wildman–Crippen LogP) is 1.01. The van der Waals surface area contributed by atoms with Gasteiger partial charge in [-0.25, -0.2) is 13.8 Å². The molecule has 0 bridgehead atoms. The Morgan fingerprint density at radius 1 is 1.67 bits per heavy atom. The fraction of sp³-hybridized carbons (Fsp3) is 0.167. The van der Waals surface area contributed by atoms with Gasteiger partial charge in [-0.3, -0.25) is 0 Å². The summed E-state index contributed by atoms with van der Waals surface area (Å²) in [7, 11) is -2.95. The molecule has 1 rings (SSSR count). The van der Waals surface area contributed by atoms with Crippen LogP contribution in [-0.4, -0.2) is 21.5 Å².